The zero-order valence-electron chi connectivity index (χ0n) is 19.1. The predicted molar refractivity (Wildman–Crippen MR) is 132 cm³/mol. The van der Waals surface area contributed by atoms with E-state index in [-0.39, 0.29) is 10.7 Å². The maximum atomic E-state index is 12.7. The Morgan fingerprint density at radius 1 is 1.00 bits per heavy atom. The molecular weight excluding hydrogens is 452 g/mol. The first-order valence-corrected chi connectivity index (χ1v) is 11.2. The molecule has 3 aromatic carbocycles. The number of ether oxygens (including phenoxy) is 1. The second kappa shape index (κ2) is 9.97. The molecule has 1 heterocycles. The molecule has 0 radical (unpaired) electrons. The number of aromatic nitrogens is 2. The second-order valence-electron chi connectivity index (χ2n) is 8.11. The number of nitrogens with one attached hydrogen (secondary N) is 2. The van der Waals surface area contributed by atoms with Crippen molar-refractivity contribution in [2.45, 2.75) is 33.4 Å². The topological polar surface area (TPSA) is 85.3 Å². The Hall–Kier alpha value is -3.84. The molecule has 4 rings (SSSR count). The first-order chi connectivity index (χ1) is 16.3. The Bertz CT molecular complexity index is 1350. The van der Waals surface area contributed by atoms with Gasteiger partial charge in [0.2, 0.25) is 0 Å². The molecule has 1 atom stereocenters. The molecule has 8 heteroatoms. The van der Waals surface area contributed by atoms with Crippen molar-refractivity contribution in [2.24, 2.45) is 0 Å². The van der Waals surface area contributed by atoms with E-state index < -0.39 is 17.9 Å². The minimum Gasteiger partial charge on any atom is -0.481 e. The summed E-state index contributed by atoms with van der Waals surface area (Å²) >= 11 is 6.44. The van der Waals surface area contributed by atoms with E-state index in [0.717, 1.165) is 21.9 Å². The summed E-state index contributed by atoms with van der Waals surface area (Å²) in [4.78, 5) is 25.2. The molecule has 0 saturated heterocycles. The molecule has 0 spiro atoms. The van der Waals surface area contributed by atoms with Gasteiger partial charge in [0.25, 0.3) is 11.8 Å². The lowest BCUT2D eigenvalue weighted by atomic mass is 10.1. The first-order valence-electron chi connectivity index (χ1n) is 10.9. The average molecular weight is 477 g/mol. The monoisotopic (exact) mass is 476 g/mol. The summed E-state index contributed by atoms with van der Waals surface area (Å²) in [5.41, 5.74) is 7.63. The third-order valence-corrected chi connectivity index (χ3v) is 5.83. The number of carbonyl (C=O) groups excluding carboxylic acids is 2. The van der Waals surface area contributed by atoms with Crippen LogP contribution >= 0.6 is 11.6 Å². The van der Waals surface area contributed by atoms with E-state index in [1.807, 2.05) is 67.6 Å². The van der Waals surface area contributed by atoms with E-state index in [4.69, 9.17) is 16.3 Å². The van der Waals surface area contributed by atoms with Gasteiger partial charge in [0.15, 0.2) is 6.10 Å². The van der Waals surface area contributed by atoms with Crippen molar-refractivity contribution in [3.63, 3.8) is 0 Å². The van der Waals surface area contributed by atoms with Crippen LogP contribution in [0.15, 0.2) is 66.7 Å². The summed E-state index contributed by atoms with van der Waals surface area (Å²) in [6.45, 7) is 5.74. The zero-order valence-corrected chi connectivity index (χ0v) is 19.9. The van der Waals surface area contributed by atoms with E-state index in [9.17, 15) is 9.59 Å². The van der Waals surface area contributed by atoms with E-state index in [2.05, 4.69) is 16.0 Å². The number of hydrazine groups is 1. The molecule has 0 aliphatic carbocycles. The first kappa shape index (κ1) is 23.3. The van der Waals surface area contributed by atoms with Crippen LogP contribution in [-0.2, 0) is 11.3 Å². The number of halogens is 1. The number of rotatable bonds is 6. The summed E-state index contributed by atoms with van der Waals surface area (Å²) in [7, 11) is 0. The molecule has 174 valence electrons. The highest BCUT2D eigenvalue weighted by atomic mass is 35.5. The van der Waals surface area contributed by atoms with Gasteiger partial charge in [-0.25, -0.2) is 4.68 Å². The summed E-state index contributed by atoms with van der Waals surface area (Å²) in [6, 6.07) is 21.4. The van der Waals surface area contributed by atoms with Crippen LogP contribution in [0.2, 0.25) is 5.15 Å². The van der Waals surface area contributed by atoms with Gasteiger partial charge in [-0.1, -0.05) is 71.8 Å². The Labute approximate surface area is 202 Å². The molecule has 0 bridgehead atoms. The molecule has 0 saturated carbocycles. The lowest BCUT2D eigenvalue weighted by Gasteiger charge is -2.15. The fourth-order valence-corrected chi connectivity index (χ4v) is 3.88. The summed E-state index contributed by atoms with van der Waals surface area (Å²) < 4.78 is 7.30. The van der Waals surface area contributed by atoms with Gasteiger partial charge in [0.05, 0.1) is 12.2 Å². The third-order valence-electron chi connectivity index (χ3n) is 5.45. The second-order valence-corrected chi connectivity index (χ2v) is 8.46. The van der Waals surface area contributed by atoms with E-state index in [1.165, 1.54) is 0 Å². The average Bonchev–Trinajstić information content (AvgIpc) is 3.11. The van der Waals surface area contributed by atoms with Gasteiger partial charge in [-0.05, 0) is 49.2 Å². The highest BCUT2D eigenvalue weighted by Gasteiger charge is 2.22. The SMILES string of the molecule is Cc1ccc(Cn2nc(C)c(C(=O)NNC(=O)C(C)Oc3ccc4ccccc4c3)c2Cl)cc1. The number of carbonyl (C=O) groups is 2. The van der Waals surface area contributed by atoms with Crippen molar-refractivity contribution >= 4 is 34.2 Å². The van der Waals surface area contributed by atoms with E-state index in [0.29, 0.717) is 18.0 Å². The molecule has 1 aromatic heterocycles. The normalized spacial score (nSPS) is 11.8. The minimum absolute atomic E-state index is 0.199. The number of nitrogens with zero attached hydrogens (tertiary/aromatic N) is 2. The molecule has 0 fully saturated rings. The van der Waals surface area contributed by atoms with Crippen LogP contribution < -0.4 is 15.6 Å². The summed E-state index contributed by atoms with van der Waals surface area (Å²) in [5, 5.41) is 6.66. The maximum Gasteiger partial charge on any atom is 0.279 e. The molecule has 34 heavy (non-hydrogen) atoms. The quantitative estimate of drug-likeness (QED) is 0.399. The number of aryl methyl sites for hydroxylation is 2. The van der Waals surface area contributed by atoms with Crippen molar-refractivity contribution in [3.05, 3.63) is 94.3 Å². The lowest BCUT2D eigenvalue weighted by Crippen LogP contribution is -2.47. The predicted octanol–water partition coefficient (Wildman–Crippen LogP) is 4.58. The molecular formula is C26H25ClN4O3. The Morgan fingerprint density at radius 3 is 2.44 bits per heavy atom. The van der Waals surface area contributed by atoms with Gasteiger partial charge in [-0.3, -0.25) is 20.4 Å². The smallest absolute Gasteiger partial charge is 0.279 e. The molecule has 0 aliphatic rings. The fourth-order valence-electron chi connectivity index (χ4n) is 3.56. The van der Waals surface area contributed by atoms with Gasteiger partial charge in [0, 0.05) is 0 Å². The minimum atomic E-state index is -0.831. The van der Waals surface area contributed by atoms with Crippen LogP contribution in [0.25, 0.3) is 10.8 Å². The fraction of sp³-hybridized carbons (Fsp3) is 0.192. The van der Waals surface area contributed by atoms with Crippen LogP contribution in [-0.4, -0.2) is 27.7 Å². The van der Waals surface area contributed by atoms with E-state index >= 15 is 0 Å². The van der Waals surface area contributed by atoms with Gasteiger partial charge < -0.3 is 4.74 Å². The standard InChI is InChI=1S/C26H25ClN4O3/c1-16-8-10-19(11-9-16)15-31-24(27)23(17(2)30-31)26(33)29-28-25(32)18(3)34-22-13-12-20-6-4-5-7-21(20)14-22/h4-14,18H,15H2,1-3H3,(H,28,32)(H,29,33). The van der Waals surface area contributed by atoms with Crippen LogP contribution in [0, 0.1) is 13.8 Å². The van der Waals surface area contributed by atoms with Gasteiger partial charge in [-0.2, -0.15) is 5.10 Å². The Kier molecular flexibility index (Phi) is 6.84. The zero-order chi connectivity index (χ0) is 24.2. The highest BCUT2D eigenvalue weighted by molar-refractivity contribution is 6.33. The third kappa shape index (κ3) is 5.21. The summed E-state index contributed by atoms with van der Waals surface area (Å²) in [5.74, 6) is -0.491. The van der Waals surface area contributed by atoms with Crippen LogP contribution in [0.3, 0.4) is 0 Å². The number of benzene rings is 3. The van der Waals surface area contributed by atoms with Crippen molar-refractivity contribution in [1.29, 1.82) is 0 Å². The Balaban J connectivity index is 1.37. The van der Waals surface area contributed by atoms with Crippen molar-refractivity contribution in [2.75, 3.05) is 0 Å². The number of hydrogen-bond acceptors (Lipinski definition) is 4. The maximum absolute atomic E-state index is 12.7. The van der Waals surface area contributed by atoms with Gasteiger partial charge in [0.1, 0.15) is 16.5 Å². The van der Waals surface area contributed by atoms with Crippen LogP contribution in [0.1, 0.15) is 34.1 Å². The summed E-state index contributed by atoms with van der Waals surface area (Å²) in [6.07, 6.45) is -0.831. The molecule has 2 N–H and O–H groups in total. The molecule has 2 amide bonds. The van der Waals surface area contributed by atoms with Crippen LogP contribution in [0.5, 0.6) is 5.75 Å². The van der Waals surface area contributed by atoms with Gasteiger partial charge >= 0.3 is 0 Å². The van der Waals surface area contributed by atoms with Gasteiger partial charge in [-0.15, -0.1) is 0 Å². The molecule has 7 nitrogen and oxygen atoms in total. The molecule has 0 aliphatic heterocycles. The highest BCUT2D eigenvalue weighted by Crippen LogP contribution is 2.22. The number of hydrogen-bond donors (Lipinski definition) is 2. The number of amides is 2. The van der Waals surface area contributed by atoms with E-state index in [1.54, 1.807) is 24.6 Å². The number of fused-ring (bicyclic) bond motifs is 1. The largest absolute Gasteiger partial charge is 0.481 e. The van der Waals surface area contributed by atoms with Crippen molar-refractivity contribution < 1.29 is 14.3 Å². The Morgan fingerprint density at radius 2 is 1.71 bits per heavy atom. The van der Waals surface area contributed by atoms with Crippen molar-refractivity contribution in [3.8, 4) is 5.75 Å². The molecule has 4 aromatic rings. The van der Waals surface area contributed by atoms with Crippen molar-refractivity contribution in [1.82, 2.24) is 20.6 Å². The van der Waals surface area contributed by atoms with Crippen LogP contribution in [0.4, 0.5) is 0 Å². The molecule has 1 unspecified atom stereocenters. The lowest BCUT2D eigenvalue weighted by molar-refractivity contribution is -0.128.